The molecule has 374 valence electrons. The summed E-state index contributed by atoms with van der Waals surface area (Å²) in [6, 6.07) is 23.5. The van der Waals surface area contributed by atoms with E-state index in [9.17, 15) is 0 Å². The Bertz CT molecular complexity index is 1580. The molecule has 3 atom stereocenters. The van der Waals surface area contributed by atoms with E-state index < -0.39 is 51.4 Å². The zero-order valence-corrected chi connectivity index (χ0v) is 53.1. The van der Waals surface area contributed by atoms with Gasteiger partial charge < -0.3 is 0 Å². The summed E-state index contributed by atoms with van der Waals surface area (Å²) < 4.78 is 41.9. The summed E-state index contributed by atoms with van der Waals surface area (Å²) >= 11 is -3.09. The van der Waals surface area contributed by atoms with Crippen molar-refractivity contribution < 1.29 is 22.8 Å². The minimum absolute atomic E-state index is 0.00610. The van der Waals surface area contributed by atoms with Crippen LogP contribution in [0.15, 0.2) is 70.3 Å². The molecule has 2 rings (SSSR count). The molecule has 0 amide bonds. The van der Waals surface area contributed by atoms with Crippen molar-refractivity contribution in [1.82, 2.24) is 0 Å². The van der Waals surface area contributed by atoms with E-state index in [1.807, 2.05) is 0 Å². The second kappa shape index (κ2) is 26.7. The van der Waals surface area contributed by atoms with Crippen LogP contribution in [0.1, 0.15) is 141 Å². The zero-order valence-electron chi connectivity index (χ0n) is 46.2. The number of hydrogen-bond acceptors (Lipinski definition) is 5. The molecule has 2 aromatic carbocycles. The van der Waals surface area contributed by atoms with Crippen molar-refractivity contribution in [1.29, 1.82) is 0 Å². The van der Waals surface area contributed by atoms with Crippen molar-refractivity contribution in [2.45, 2.75) is 240 Å². The summed E-state index contributed by atoms with van der Waals surface area (Å²) in [6.07, 6.45) is 11.8. The zero-order chi connectivity index (χ0) is 49.4. The summed E-state index contributed by atoms with van der Waals surface area (Å²) in [7, 11) is -8.34. The quantitative estimate of drug-likeness (QED) is 0.0443. The van der Waals surface area contributed by atoms with Crippen molar-refractivity contribution in [2.75, 3.05) is 20.0 Å². The third-order valence-electron chi connectivity index (χ3n) is 15.1. The van der Waals surface area contributed by atoms with Crippen LogP contribution < -0.4 is 10.4 Å². The predicted molar refractivity (Wildman–Crippen MR) is 299 cm³/mol. The minimum atomic E-state index is -3.09. The summed E-state index contributed by atoms with van der Waals surface area (Å²) in [5.41, 5.74) is 0. The number of hydrogen-bond donors (Lipinski definition) is 0. The Hall–Kier alpha value is -0.354. The normalized spacial score (nSPS) is 15.6. The standard InChI is InChI=1S/C43H77O5Si4.3C4H9.Sn/c1-36(47-50(14,15)41(2,3)4)40(45-35-44-32-33-49(11,12)13)34-37(48-51(16,17)42(5,6)7)26-24-25-31-46-52(43(8,9)10,38-27-20-18-21-28-38)39-29-22-19-23-30-39;3*1-3-4-2;/h18-23,25,27-30,36-37,40H,26,31-35H2,1-17H3;3*1,3-4H2,2H3;/t36-,37+,40-;;;;/m1..../s1. The van der Waals surface area contributed by atoms with Gasteiger partial charge in [0.25, 0.3) is 0 Å². The molecule has 65 heavy (non-hydrogen) atoms. The van der Waals surface area contributed by atoms with Crippen molar-refractivity contribution in [3.63, 3.8) is 0 Å². The molecule has 2 aromatic rings. The average molecular weight is 1080 g/mol. The Balaban J connectivity index is 2.94. The van der Waals surface area contributed by atoms with Crippen molar-refractivity contribution in [3.8, 4) is 0 Å². The fourth-order valence-electron chi connectivity index (χ4n) is 8.90. The first kappa shape index (κ1) is 60.8. The molecule has 0 spiro atoms. The van der Waals surface area contributed by atoms with Crippen LogP contribution in [0.25, 0.3) is 0 Å². The van der Waals surface area contributed by atoms with Gasteiger partial charge in [0.05, 0.1) is 0 Å². The first-order valence-corrected chi connectivity index (χ1v) is 44.9. The van der Waals surface area contributed by atoms with Gasteiger partial charge in [0.15, 0.2) is 0 Å². The molecule has 0 bridgehead atoms. The van der Waals surface area contributed by atoms with Gasteiger partial charge in [-0.1, -0.05) is 0 Å². The van der Waals surface area contributed by atoms with Crippen LogP contribution in [-0.2, 0) is 22.8 Å². The molecule has 0 fully saturated rings. The molecule has 0 N–H and O–H groups in total. The Morgan fingerprint density at radius 1 is 0.631 bits per heavy atom. The van der Waals surface area contributed by atoms with Crippen LogP contribution in [0.2, 0.25) is 80.3 Å². The molecule has 0 aromatic heterocycles. The third kappa shape index (κ3) is 18.7. The van der Waals surface area contributed by atoms with Gasteiger partial charge >= 0.3 is 415 Å². The molecule has 0 saturated heterocycles. The maximum atomic E-state index is 7.77. The van der Waals surface area contributed by atoms with Crippen molar-refractivity contribution in [3.05, 3.63) is 70.3 Å². The maximum absolute atomic E-state index is 7.77. The van der Waals surface area contributed by atoms with Crippen LogP contribution >= 0.6 is 0 Å². The van der Waals surface area contributed by atoms with E-state index in [2.05, 4.69) is 203 Å². The van der Waals surface area contributed by atoms with E-state index in [1.165, 1.54) is 62.2 Å². The number of unbranched alkanes of at least 4 members (excludes halogenated alkanes) is 3. The van der Waals surface area contributed by atoms with E-state index in [-0.39, 0.29) is 40.2 Å². The Morgan fingerprint density at radius 2 is 1.08 bits per heavy atom. The molecule has 0 radical (unpaired) electrons. The molecule has 0 aliphatic rings. The molecular weight excluding hydrogens is 972 g/mol. The Morgan fingerprint density at radius 3 is 1.48 bits per heavy atom. The van der Waals surface area contributed by atoms with Crippen LogP contribution in [0.3, 0.4) is 0 Å². The molecule has 0 saturated carbocycles. The van der Waals surface area contributed by atoms with E-state index >= 15 is 0 Å². The van der Waals surface area contributed by atoms with E-state index in [4.69, 9.17) is 22.8 Å². The summed E-state index contributed by atoms with van der Waals surface area (Å²) in [6.45, 7) is 49.4. The van der Waals surface area contributed by atoms with Gasteiger partial charge in [-0.05, 0) is 0 Å². The molecular formula is C55H104O5Si4Sn. The van der Waals surface area contributed by atoms with Gasteiger partial charge in [0.2, 0.25) is 0 Å². The van der Waals surface area contributed by atoms with E-state index in [0.717, 1.165) is 25.5 Å². The molecule has 0 aliphatic carbocycles. The Kier molecular flexibility index (Phi) is 25.0. The summed E-state index contributed by atoms with van der Waals surface area (Å²) in [5.74, 6) is 0. The fourth-order valence-corrected chi connectivity index (χ4v) is 34.0. The fraction of sp³-hybridized carbons (Fsp3) is 0.745. The third-order valence-corrected chi connectivity index (χ3v) is 47.2. The predicted octanol–water partition coefficient (Wildman–Crippen LogP) is 16.2. The molecule has 0 unspecified atom stereocenters. The summed E-state index contributed by atoms with van der Waals surface area (Å²) in [4.78, 5) is 0. The second-order valence-electron chi connectivity index (χ2n) is 24.9. The first-order chi connectivity index (χ1) is 30.0. The molecule has 0 aliphatic heterocycles. The van der Waals surface area contributed by atoms with Gasteiger partial charge in [0.1, 0.15) is 0 Å². The van der Waals surface area contributed by atoms with Gasteiger partial charge in [-0.3, -0.25) is 0 Å². The van der Waals surface area contributed by atoms with Crippen LogP contribution in [-0.4, -0.2) is 89.7 Å². The van der Waals surface area contributed by atoms with Crippen molar-refractivity contribution >= 4 is 61.8 Å². The van der Waals surface area contributed by atoms with Crippen molar-refractivity contribution in [2.24, 2.45) is 0 Å². The van der Waals surface area contributed by atoms with E-state index in [0.29, 0.717) is 6.61 Å². The first-order valence-electron chi connectivity index (χ1n) is 26.0. The van der Waals surface area contributed by atoms with Crippen LogP contribution in [0.4, 0.5) is 0 Å². The second-order valence-corrected chi connectivity index (χ2v) is 57.7. The number of rotatable bonds is 30. The van der Waals surface area contributed by atoms with Gasteiger partial charge in [-0.15, -0.1) is 0 Å². The van der Waals surface area contributed by atoms with Gasteiger partial charge in [-0.25, -0.2) is 0 Å². The number of benzene rings is 2. The molecule has 10 heteroatoms. The monoisotopic (exact) mass is 1080 g/mol. The van der Waals surface area contributed by atoms with Gasteiger partial charge in [0, 0.05) is 0 Å². The average Bonchev–Trinajstić information content (AvgIpc) is 3.20. The summed E-state index contributed by atoms with van der Waals surface area (Å²) in [5, 5.41) is 2.74. The van der Waals surface area contributed by atoms with Crippen LogP contribution in [0.5, 0.6) is 0 Å². The Labute approximate surface area is 412 Å². The topological polar surface area (TPSA) is 46.2 Å². The molecule has 5 nitrogen and oxygen atoms in total. The van der Waals surface area contributed by atoms with Gasteiger partial charge in [-0.2, -0.15) is 0 Å². The van der Waals surface area contributed by atoms with E-state index in [1.54, 1.807) is 3.59 Å². The van der Waals surface area contributed by atoms with Crippen LogP contribution in [0, 0.1) is 0 Å². The number of ether oxygens (including phenoxy) is 2. The SMILES string of the molecule is CCC[CH2][Sn]([CH2]CCC)([CH2]CCC)/[C](=C/CO[Si](c1ccccc1)(c1ccccc1)C(C)(C)C)C[C@@H](C[C@@H](OCOCC[Si](C)(C)C)[C@@H](C)O[Si](C)(C)C(C)(C)C)O[Si](C)(C)C(C)(C)C. The molecule has 0 heterocycles.